The van der Waals surface area contributed by atoms with Crippen molar-refractivity contribution in [2.24, 2.45) is 5.92 Å². The predicted octanol–water partition coefficient (Wildman–Crippen LogP) is 4.99. The Hall–Kier alpha value is -3.05. The molecule has 6 heteroatoms. The zero-order chi connectivity index (χ0) is 21.1. The second kappa shape index (κ2) is 8.76. The SMILES string of the molecule is COc1ccc(C(=O)N2CCCC(C(=O)Nc3ccc(Cl)cc3)C2)c2ccccc12. The third kappa shape index (κ3) is 4.12. The van der Waals surface area contributed by atoms with Crippen LogP contribution in [-0.4, -0.2) is 36.9 Å². The summed E-state index contributed by atoms with van der Waals surface area (Å²) in [6.07, 6.45) is 1.55. The molecule has 1 atom stereocenters. The van der Waals surface area contributed by atoms with Gasteiger partial charge in [0, 0.05) is 34.7 Å². The van der Waals surface area contributed by atoms with E-state index in [4.69, 9.17) is 16.3 Å². The first-order valence-corrected chi connectivity index (χ1v) is 10.4. The lowest BCUT2D eigenvalue weighted by Gasteiger charge is -2.32. The number of ether oxygens (including phenoxy) is 1. The summed E-state index contributed by atoms with van der Waals surface area (Å²) in [5, 5.41) is 5.31. The van der Waals surface area contributed by atoms with Crippen molar-refractivity contribution >= 4 is 39.9 Å². The molecule has 2 amide bonds. The van der Waals surface area contributed by atoms with E-state index in [2.05, 4.69) is 5.32 Å². The molecule has 1 saturated heterocycles. The van der Waals surface area contributed by atoms with Crippen molar-refractivity contribution in [3.63, 3.8) is 0 Å². The zero-order valence-corrected chi connectivity index (χ0v) is 17.5. The highest BCUT2D eigenvalue weighted by atomic mass is 35.5. The maximum absolute atomic E-state index is 13.3. The van der Waals surface area contributed by atoms with Gasteiger partial charge >= 0.3 is 0 Å². The van der Waals surface area contributed by atoms with Crippen LogP contribution in [0.15, 0.2) is 60.7 Å². The number of anilines is 1. The third-order valence-electron chi connectivity index (χ3n) is 5.53. The van der Waals surface area contributed by atoms with Crippen LogP contribution in [0.3, 0.4) is 0 Å². The summed E-state index contributed by atoms with van der Waals surface area (Å²) in [4.78, 5) is 27.9. The maximum Gasteiger partial charge on any atom is 0.254 e. The van der Waals surface area contributed by atoms with E-state index < -0.39 is 0 Å². The van der Waals surface area contributed by atoms with E-state index >= 15 is 0 Å². The number of carbonyl (C=O) groups is 2. The molecule has 1 aliphatic heterocycles. The quantitative estimate of drug-likeness (QED) is 0.644. The van der Waals surface area contributed by atoms with Gasteiger partial charge in [-0.1, -0.05) is 35.9 Å². The van der Waals surface area contributed by atoms with Crippen molar-refractivity contribution in [2.45, 2.75) is 12.8 Å². The smallest absolute Gasteiger partial charge is 0.254 e. The lowest BCUT2D eigenvalue weighted by Crippen LogP contribution is -2.43. The van der Waals surface area contributed by atoms with Gasteiger partial charge in [-0.2, -0.15) is 0 Å². The Kier molecular flexibility index (Phi) is 5.91. The summed E-state index contributed by atoms with van der Waals surface area (Å²) in [5.74, 6) is 0.358. The largest absolute Gasteiger partial charge is 0.496 e. The van der Waals surface area contributed by atoms with Crippen LogP contribution < -0.4 is 10.1 Å². The number of amides is 2. The number of nitrogens with zero attached hydrogens (tertiary/aromatic N) is 1. The molecule has 154 valence electrons. The minimum atomic E-state index is -0.247. The molecule has 1 fully saturated rings. The first kappa shape index (κ1) is 20.2. The molecule has 0 radical (unpaired) electrons. The molecule has 5 nitrogen and oxygen atoms in total. The molecule has 1 aliphatic rings. The van der Waals surface area contributed by atoms with Gasteiger partial charge in [-0.25, -0.2) is 0 Å². The Morgan fingerprint density at radius 2 is 1.77 bits per heavy atom. The standard InChI is InChI=1S/C24H23ClN2O3/c1-30-22-13-12-21(19-6-2-3-7-20(19)22)24(29)27-14-4-5-16(15-27)23(28)26-18-10-8-17(25)9-11-18/h2-3,6-13,16H,4-5,14-15H2,1H3,(H,26,28). The summed E-state index contributed by atoms with van der Waals surface area (Å²) < 4.78 is 5.43. The molecular formula is C24H23ClN2O3. The van der Waals surface area contributed by atoms with Crippen LogP contribution in [0.4, 0.5) is 5.69 Å². The molecule has 30 heavy (non-hydrogen) atoms. The van der Waals surface area contributed by atoms with Crippen molar-refractivity contribution in [3.05, 3.63) is 71.2 Å². The summed E-state index contributed by atoms with van der Waals surface area (Å²) in [7, 11) is 1.62. The van der Waals surface area contributed by atoms with E-state index in [1.165, 1.54) is 0 Å². The van der Waals surface area contributed by atoms with Crippen LogP contribution in [-0.2, 0) is 4.79 Å². The lowest BCUT2D eigenvalue weighted by molar-refractivity contribution is -0.121. The predicted molar refractivity (Wildman–Crippen MR) is 119 cm³/mol. The number of hydrogen-bond donors (Lipinski definition) is 1. The third-order valence-corrected chi connectivity index (χ3v) is 5.78. The second-order valence-corrected chi connectivity index (χ2v) is 7.88. The molecule has 0 spiro atoms. The van der Waals surface area contributed by atoms with Crippen LogP contribution in [0.25, 0.3) is 10.8 Å². The van der Waals surface area contributed by atoms with Crippen molar-refractivity contribution < 1.29 is 14.3 Å². The highest BCUT2D eigenvalue weighted by Crippen LogP contribution is 2.30. The molecule has 0 aromatic heterocycles. The van der Waals surface area contributed by atoms with Gasteiger partial charge in [0.25, 0.3) is 5.91 Å². The second-order valence-electron chi connectivity index (χ2n) is 7.45. The number of piperidine rings is 1. The monoisotopic (exact) mass is 422 g/mol. The fourth-order valence-corrected chi connectivity index (χ4v) is 4.09. The van der Waals surface area contributed by atoms with Crippen LogP contribution in [0.1, 0.15) is 23.2 Å². The van der Waals surface area contributed by atoms with Gasteiger partial charge in [0.2, 0.25) is 5.91 Å². The summed E-state index contributed by atoms with van der Waals surface area (Å²) in [6.45, 7) is 1.04. The van der Waals surface area contributed by atoms with E-state index in [9.17, 15) is 9.59 Å². The average Bonchev–Trinajstić information content (AvgIpc) is 2.79. The van der Waals surface area contributed by atoms with Gasteiger partial charge in [0.15, 0.2) is 0 Å². The first-order chi connectivity index (χ1) is 14.6. The van der Waals surface area contributed by atoms with E-state index in [-0.39, 0.29) is 17.7 Å². The number of halogens is 1. The number of rotatable bonds is 4. The fourth-order valence-electron chi connectivity index (χ4n) is 3.96. The summed E-state index contributed by atoms with van der Waals surface area (Å²) in [5.41, 5.74) is 1.33. The van der Waals surface area contributed by atoms with Crippen LogP contribution >= 0.6 is 11.6 Å². The Balaban J connectivity index is 1.52. The maximum atomic E-state index is 13.3. The minimum Gasteiger partial charge on any atom is -0.496 e. The first-order valence-electron chi connectivity index (χ1n) is 9.98. The van der Waals surface area contributed by atoms with Crippen LogP contribution in [0.2, 0.25) is 5.02 Å². The molecule has 3 aromatic carbocycles. The van der Waals surface area contributed by atoms with E-state index in [1.54, 1.807) is 42.3 Å². The zero-order valence-electron chi connectivity index (χ0n) is 16.7. The van der Waals surface area contributed by atoms with E-state index in [0.717, 1.165) is 29.4 Å². The summed E-state index contributed by atoms with van der Waals surface area (Å²) in [6, 6.07) is 18.4. The molecule has 0 aliphatic carbocycles. The molecule has 4 rings (SSSR count). The molecule has 0 saturated carbocycles. The molecule has 1 heterocycles. The van der Waals surface area contributed by atoms with Gasteiger partial charge in [-0.15, -0.1) is 0 Å². The highest BCUT2D eigenvalue weighted by Gasteiger charge is 2.29. The molecule has 3 aromatic rings. The molecule has 0 bridgehead atoms. The number of nitrogens with one attached hydrogen (secondary N) is 1. The normalized spacial score (nSPS) is 16.3. The Morgan fingerprint density at radius 3 is 2.50 bits per heavy atom. The van der Waals surface area contributed by atoms with E-state index in [1.807, 2.05) is 30.3 Å². The topological polar surface area (TPSA) is 58.6 Å². The van der Waals surface area contributed by atoms with Gasteiger partial charge in [-0.3, -0.25) is 9.59 Å². The average molecular weight is 423 g/mol. The van der Waals surface area contributed by atoms with Gasteiger partial charge < -0.3 is 15.0 Å². The van der Waals surface area contributed by atoms with Crippen LogP contribution in [0, 0.1) is 5.92 Å². The highest BCUT2D eigenvalue weighted by molar-refractivity contribution is 6.30. The van der Waals surface area contributed by atoms with E-state index in [0.29, 0.717) is 29.4 Å². The number of carbonyl (C=O) groups excluding carboxylic acids is 2. The Labute approximate surface area is 180 Å². The molecule has 1 N–H and O–H groups in total. The molecular weight excluding hydrogens is 400 g/mol. The van der Waals surface area contributed by atoms with Crippen LogP contribution in [0.5, 0.6) is 5.75 Å². The number of fused-ring (bicyclic) bond motifs is 1. The number of methoxy groups -OCH3 is 1. The number of hydrogen-bond acceptors (Lipinski definition) is 3. The van der Waals surface area contributed by atoms with Crippen molar-refractivity contribution in [1.82, 2.24) is 4.90 Å². The minimum absolute atomic E-state index is 0.0576. The van der Waals surface area contributed by atoms with Gasteiger partial charge in [0.05, 0.1) is 13.0 Å². The Morgan fingerprint density at radius 1 is 1.03 bits per heavy atom. The van der Waals surface area contributed by atoms with Crippen molar-refractivity contribution in [2.75, 3.05) is 25.5 Å². The van der Waals surface area contributed by atoms with Crippen molar-refractivity contribution in [1.29, 1.82) is 0 Å². The lowest BCUT2D eigenvalue weighted by atomic mass is 9.95. The fraction of sp³-hybridized carbons (Fsp3) is 0.250. The van der Waals surface area contributed by atoms with Gasteiger partial charge in [0.1, 0.15) is 5.75 Å². The van der Waals surface area contributed by atoms with Crippen molar-refractivity contribution in [3.8, 4) is 5.75 Å². The summed E-state index contributed by atoms with van der Waals surface area (Å²) >= 11 is 5.90. The number of benzene rings is 3. The van der Waals surface area contributed by atoms with Gasteiger partial charge in [-0.05, 0) is 54.6 Å². The molecule has 1 unspecified atom stereocenters. The Bertz CT molecular complexity index is 1080. The number of likely N-dealkylation sites (tertiary alicyclic amines) is 1.